The Balaban J connectivity index is 2.84. The van der Waals surface area contributed by atoms with Crippen LogP contribution in [0.4, 0.5) is 5.69 Å². The van der Waals surface area contributed by atoms with E-state index in [9.17, 15) is 4.79 Å². The van der Waals surface area contributed by atoms with Crippen molar-refractivity contribution in [3.8, 4) is 0 Å². The number of aliphatic hydroxyl groups is 1. The Kier molecular flexibility index (Phi) is 3.79. The number of hydrogen-bond acceptors (Lipinski definition) is 4. The second-order valence-corrected chi connectivity index (χ2v) is 3.30. The molecule has 0 aromatic heterocycles. The van der Waals surface area contributed by atoms with E-state index in [2.05, 4.69) is 0 Å². The molecular weight excluding hydrogens is 194 g/mol. The van der Waals surface area contributed by atoms with Gasteiger partial charge in [-0.05, 0) is 24.6 Å². The van der Waals surface area contributed by atoms with Gasteiger partial charge in [0.15, 0.2) is 0 Å². The number of anilines is 1. The number of carbonyl (C=O) groups excluding carboxylic acids is 1. The summed E-state index contributed by atoms with van der Waals surface area (Å²) in [4.78, 5) is 11.1. The second-order valence-electron chi connectivity index (χ2n) is 3.30. The van der Waals surface area contributed by atoms with Crippen molar-refractivity contribution in [3.63, 3.8) is 0 Å². The van der Waals surface area contributed by atoms with Crippen LogP contribution in [0.1, 0.15) is 18.5 Å². The van der Waals surface area contributed by atoms with E-state index < -0.39 is 12.5 Å². The van der Waals surface area contributed by atoms with Crippen molar-refractivity contribution in [2.75, 3.05) is 11.6 Å². The molecule has 0 saturated carbocycles. The zero-order valence-electron chi connectivity index (χ0n) is 8.55. The lowest BCUT2D eigenvalue weighted by molar-refractivity contribution is -0.121. The molecule has 1 amide bonds. The summed E-state index contributed by atoms with van der Waals surface area (Å²) in [5.41, 5.74) is 7.16. The molecule has 1 unspecified atom stereocenters. The van der Waals surface area contributed by atoms with Crippen LogP contribution < -0.4 is 16.6 Å². The molecule has 5 heteroatoms. The van der Waals surface area contributed by atoms with Gasteiger partial charge in [-0.2, -0.15) is 0 Å². The molecule has 0 aliphatic heterocycles. The number of amides is 1. The van der Waals surface area contributed by atoms with Crippen LogP contribution >= 0.6 is 0 Å². The summed E-state index contributed by atoms with van der Waals surface area (Å²) in [5.74, 6) is 4.92. The molecule has 0 radical (unpaired) electrons. The van der Waals surface area contributed by atoms with Crippen molar-refractivity contribution < 1.29 is 9.90 Å². The van der Waals surface area contributed by atoms with Crippen molar-refractivity contribution in [3.05, 3.63) is 29.8 Å². The fourth-order valence-electron chi connectivity index (χ4n) is 1.16. The third kappa shape index (κ3) is 2.76. The van der Waals surface area contributed by atoms with Gasteiger partial charge in [-0.3, -0.25) is 4.79 Å². The third-order valence-corrected chi connectivity index (χ3v) is 2.10. The molecular formula is C10H15N3O2. The highest BCUT2D eigenvalue weighted by Crippen LogP contribution is 2.16. The molecule has 15 heavy (non-hydrogen) atoms. The van der Waals surface area contributed by atoms with Crippen LogP contribution in [-0.4, -0.2) is 17.6 Å². The summed E-state index contributed by atoms with van der Waals surface area (Å²) >= 11 is 0. The Hall–Kier alpha value is -1.43. The molecule has 0 spiro atoms. The first-order valence-electron chi connectivity index (χ1n) is 4.60. The first-order valence-corrected chi connectivity index (χ1v) is 4.60. The van der Waals surface area contributed by atoms with Gasteiger partial charge in [-0.25, -0.2) is 10.9 Å². The molecule has 1 atom stereocenters. The lowest BCUT2D eigenvalue weighted by Gasteiger charge is -2.16. The summed E-state index contributed by atoms with van der Waals surface area (Å²) in [6.45, 7) is 1.26. The molecule has 0 fully saturated rings. The summed E-state index contributed by atoms with van der Waals surface area (Å²) in [7, 11) is 0. The number of carbonyl (C=O) groups is 1. The Labute approximate surface area is 88.3 Å². The van der Waals surface area contributed by atoms with Gasteiger partial charge < -0.3 is 10.8 Å². The molecule has 0 bridgehead atoms. The lowest BCUT2D eigenvalue weighted by Crippen LogP contribution is -2.39. The SMILES string of the molecule is CC(N)c1ccc(N(N)C(=O)CO)cc1. The molecule has 1 aromatic carbocycles. The Morgan fingerprint density at radius 1 is 1.47 bits per heavy atom. The van der Waals surface area contributed by atoms with E-state index >= 15 is 0 Å². The quantitative estimate of drug-likeness (QED) is 0.368. The zero-order chi connectivity index (χ0) is 11.4. The van der Waals surface area contributed by atoms with Crippen molar-refractivity contribution >= 4 is 11.6 Å². The number of nitrogens with two attached hydrogens (primary N) is 2. The number of hydrogen-bond donors (Lipinski definition) is 3. The predicted molar refractivity (Wildman–Crippen MR) is 57.8 cm³/mol. The molecule has 82 valence electrons. The maximum atomic E-state index is 11.1. The van der Waals surface area contributed by atoms with Gasteiger partial charge in [0.1, 0.15) is 6.61 Å². The van der Waals surface area contributed by atoms with Crippen LogP contribution in [0.15, 0.2) is 24.3 Å². The van der Waals surface area contributed by atoms with Gasteiger partial charge in [0.25, 0.3) is 5.91 Å². The summed E-state index contributed by atoms with van der Waals surface area (Å²) < 4.78 is 0. The smallest absolute Gasteiger partial charge is 0.266 e. The number of benzene rings is 1. The standard InChI is InChI=1S/C10H15N3O2/c1-7(11)8-2-4-9(5-3-8)13(12)10(15)6-14/h2-5,7,14H,6,11-12H2,1H3. The minimum atomic E-state index is -0.606. The van der Waals surface area contributed by atoms with Crippen molar-refractivity contribution in [1.82, 2.24) is 0 Å². The molecule has 5 nitrogen and oxygen atoms in total. The predicted octanol–water partition coefficient (Wildman–Crippen LogP) is -0.0947. The van der Waals surface area contributed by atoms with E-state index in [1.54, 1.807) is 24.3 Å². The Morgan fingerprint density at radius 3 is 2.40 bits per heavy atom. The van der Waals surface area contributed by atoms with Gasteiger partial charge in [0.2, 0.25) is 0 Å². The molecule has 0 aliphatic rings. The van der Waals surface area contributed by atoms with Crippen LogP contribution in [0, 0.1) is 0 Å². The minimum Gasteiger partial charge on any atom is -0.386 e. The van der Waals surface area contributed by atoms with Gasteiger partial charge >= 0.3 is 0 Å². The average Bonchev–Trinajstić information content (AvgIpc) is 2.27. The Morgan fingerprint density at radius 2 is 2.00 bits per heavy atom. The zero-order valence-corrected chi connectivity index (χ0v) is 8.55. The highest BCUT2D eigenvalue weighted by atomic mass is 16.3. The van der Waals surface area contributed by atoms with E-state index in [4.69, 9.17) is 16.7 Å². The highest BCUT2D eigenvalue weighted by Gasteiger charge is 2.10. The monoisotopic (exact) mass is 209 g/mol. The number of nitrogens with zero attached hydrogens (tertiary/aromatic N) is 1. The maximum absolute atomic E-state index is 11.1. The van der Waals surface area contributed by atoms with Crippen LogP contribution in [0.2, 0.25) is 0 Å². The topological polar surface area (TPSA) is 92.6 Å². The van der Waals surface area contributed by atoms with Crippen molar-refractivity contribution in [2.45, 2.75) is 13.0 Å². The lowest BCUT2D eigenvalue weighted by atomic mass is 10.1. The molecule has 0 aliphatic carbocycles. The van der Waals surface area contributed by atoms with Crippen molar-refractivity contribution in [1.29, 1.82) is 0 Å². The third-order valence-electron chi connectivity index (χ3n) is 2.10. The van der Waals surface area contributed by atoms with E-state index in [1.165, 1.54) is 0 Å². The number of rotatable bonds is 3. The van der Waals surface area contributed by atoms with Gasteiger partial charge in [0, 0.05) is 6.04 Å². The summed E-state index contributed by atoms with van der Waals surface area (Å²) in [6, 6.07) is 6.91. The fourth-order valence-corrected chi connectivity index (χ4v) is 1.16. The van der Waals surface area contributed by atoms with Crippen molar-refractivity contribution in [2.24, 2.45) is 11.6 Å². The minimum absolute atomic E-state index is 0.0567. The van der Waals surface area contributed by atoms with E-state index in [0.29, 0.717) is 5.69 Å². The van der Waals surface area contributed by atoms with Gasteiger partial charge in [-0.15, -0.1) is 0 Å². The van der Waals surface area contributed by atoms with E-state index in [-0.39, 0.29) is 6.04 Å². The average molecular weight is 209 g/mol. The normalized spacial score (nSPS) is 12.3. The summed E-state index contributed by atoms with van der Waals surface area (Å²) in [5, 5.41) is 9.53. The maximum Gasteiger partial charge on any atom is 0.266 e. The first-order chi connectivity index (χ1) is 7.06. The largest absolute Gasteiger partial charge is 0.386 e. The fraction of sp³-hybridized carbons (Fsp3) is 0.300. The Bertz CT molecular complexity index is 335. The van der Waals surface area contributed by atoms with E-state index in [0.717, 1.165) is 10.6 Å². The first kappa shape index (κ1) is 11.6. The highest BCUT2D eigenvalue weighted by molar-refractivity contribution is 5.92. The van der Waals surface area contributed by atoms with Gasteiger partial charge in [0.05, 0.1) is 5.69 Å². The molecule has 1 rings (SSSR count). The molecule has 0 saturated heterocycles. The van der Waals surface area contributed by atoms with Gasteiger partial charge in [-0.1, -0.05) is 12.1 Å². The van der Waals surface area contributed by atoms with Crippen LogP contribution in [0.25, 0.3) is 0 Å². The number of aliphatic hydroxyl groups excluding tert-OH is 1. The number of hydrazine groups is 1. The molecule has 0 heterocycles. The van der Waals surface area contributed by atoms with Crippen LogP contribution in [0.5, 0.6) is 0 Å². The van der Waals surface area contributed by atoms with Crippen LogP contribution in [-0.2, 0) is 4.79 Å². The summed E-state index contributed by atoms with van der Waals surface area (Å²) in [6.07, 6.45) is 0. The van der Waals surface area contributed by atoms with Crippen LogP contribution in [0.3, 0.4) is 0 Å². The molecule has 5 N–H and O–H groups in total. The second kappa shape index (κ2) is 4.88. The van der Waals surface area contributed by atoms with E-state index in [1.807, 2.05) is 6.92 Å². The molecule has 1 aromatic rings.